The zero-order valence-corrected chi connectivity index (χ0v) is 20.6. The van der Waals surface area contributed by atoms with Crippen molar-refractivity contribution in [2.75, 3.05) is 18.5 Å². The number of pyridine rings is 1. The van der Waals surface area contributed by atoms with Gasteiger partial charge < -0.3 is 34.2 Å². The number of anilines is 1. The third-order valence-electron chi connectivity index (χ3n) is 7.23. The number of halogens is 2. The first kappa shape index (κ1) is 22.9. The van der Waals surface area contributed by atoms with E-state index in [0.29, 0.717) is 40.6 Å². The van der Waals surface area contributed by atoms with Gasteiger partial charge in [-0.15, -0.1) is 0 Å². The van der Waals surface area contributed by atoms with Crippen molar-refractivity contribution in [3.05, 3.63) is 52.7 Å². The Morgan fingerprint density at radius 2 is 2.08 bits per heavy atom. The lowest BCUT2D eigenvalue weighted by atomic mass is 10.0. The lowest BCUT2D eigenvalue weighted by Crippen LogP contribution is -2.34. The summed E-state index contributed by atoms with van der Waals surface area (Å²) >= 11 is 6.54. The van der Waals surface area contributed by atoms with Crippen LogP contribution in [-0.2, 0) is 22.9 Å². The molecular formula is C25H24ClFN6O4. The highest BCUT2D eigenvalue weighted by molar-refractivity contribution is 6.33. The second-order valence-electron chi connectivity index (χ2n) is 9.74. The van der Waals surface area contributed by atoms with Crippen molar-refractivity contribution in [2.24, 2.45) is 7.05 Å². The van der Waals surface area contributed by atoms with E-state index in [0.717, 1.165) is 23.2 Å². The average Bonchev–Trinajstić information content (AvgIpc) is 3.67. The molecule has 1 aliphatic carbocycles. The van der Waals surface area contributed by atoms with Gasteiger partial charge in [-0.05, 0) is 36.6 Å². The summed E-state index contributed by atoms with van der Waals surface area (Å²) in [5.74, 6) is 0.141. The molecular weight excluding hydrogens is 503 g/mol. The Balaban J connectivity index is 1.12. The zero-order valence-electron chi connectivity index (χ0n) is 19.8. The van der Waals surface area contributed by atoms with Crippen LogP contribution in [0.2, 0.25) is 5.02 Å². The number of rotatable bonds is 5. The van der Waals surface area contributed by atoms with Crippen LogP contribution in [-0.4, -0.2) is 67.2 Å². The van der Waals surface area contributed by atoms with Gasteiger partial charge in [-0.1, -0.05) is 11.6 Å². The molecule has 37 heavy (non-hydrogen) atoms. The van der Waals surface area contributed by atoms with Crippen LogP contribution < -0.4 is 10.1 Å². The van der Waals surface area contributed by atoms with Crippen molar-refractivity contribution in [3.8, 4) is 17.3 Å². The van der Waals surface area contributed by atoms with Gasteiger partial charge >= 0.3 is 0 Å². The van der Waals surface area contributed by atoms with E-state index in [9.17, 15) is 5.11 Å². The highest BCUT2D eigenvalue weighted by Gasteiger charge is 2.48. The topological polar surface area (TPSA) is 119 Å². The molecule has 5 atom stereocenters. The standard InChI is InChI=1S/C25H24ClFN6O4/c1-33-7-17(28-10-33)12-4-11-2-3-15(20(11)14(27)5-12)29-23-13(26)6-16-24(31-23)32-25(30-16)37-19-9-36-21-18(34)8-35-22(19)21/h4-7,10,15,18-19,21-22,34H,2-3,8-9H2,1H3,(H2,29,30,31,32)/t15?,18-,19-,21-,22-/m1/s1. The number of aromatic amines is 1. The molecule has 2 fully saturated rings. The average molecular weight is 527 g/mol. The molecule has 192 valence electrons. The largest absolute Gasteiger partial charge is 0.456 e. The summed E-state index contributed by atoms with van der Waals surface area (Å²) < 4.78 is 34.3. The molecule has 0 saturated carbocycles. The molecule has 5 heterocycles. The minimum atomic E-state index is -0.657. The Morgan fingerprint density at radius 1 is 1.22 bits per heavy atom. The third kappa shape index (κ3) is 3.93. The quantitative estimate of drug-likeness (QED) is 0.363. The summed E-state index contributed by atoms with van der Waals surface area (Å²) in [6.45, 7) is 0.510. The van der Waals surface area contributed by atoms with Crippen LogP contribution in [0.3, 0.4) is 0 Å². The van der Waals surface area contributed by atoms with Crippen molar-refractivity contribution in [1.29, 1.82) is 0 Å². The molecule has 0 bridgehead atoms. The Bertz CT molecular complexity index is 1510. The minimum Gasteiger partial charge on any atom is -0.456 e. The number of hydrogen-bond acceptors (Lipinski definition) is 8. The fourth-order valence-corrected chi connectivity index (χ4v) is 5.68. The van der Waals surface area contributed by atoms with Crippen molar-refractivity contribution >= 4 is 28.6 Å². The molecule has 0 spiro atoms. The molecule has 1 aromatic carbocycles. The van der Waals surface area contributed by atoms with E-state index in [1.165, 1.54) is 6.07 Å². The molecule has 3 N–H and O–H groups in total. The number of hydrogen-bond donors (Lipinski definition) is 3. The number of benzene rings is 1. The number of aliphatic hydroxyl groups excluding tert-OH is 1. The fourth-order valence-electron chi connectivity index (χ4n) is 5.48. The van der Waals surface area contributed by atoms with E-state index in [2.05, 4.69) is 25.3 Å². The Kier molecular flexibility index (Phi) is 5.36. The molecule has 3 aliphatic rings. The number of fused-ring (bicyclic) bond motifs is 3. The fraction of sp³-hybridized carbons (Fsp3) is 0.400. The van der Waals surface area contributed by atoms with Gasteiger partial charge in [-0.25, -0.2) is 14.4 Å². The van der Waals surface area contributed by atoms with E-state index in [1.54, 1.807) is 12.4 Å². The van der Waals surface area contributed by atoms with Gasteiger partial charge in [0, 0.05) is 24.4 Å². The highest BCUT2D eigenvalue weighted by atomic mass is 35.5. The first-order chi connectivity index (χ1) is 17.9. The number of H-pyrrole nitrogens is 1. The van der Waals surface area contributed by atoms with E-state index >= 15 is 4.39 Å². The maximum atomic E-state index is 15.3. The highest BCUT2D eigenvalue weighted by Crippen LogP contribution is 2.39. The Labute approximate surface area is 215 Å². The van der Waals surface area contributed by atoms with Crippen molar-refractivity contribution in [2.45, 2.75) is 43.3 Å². The lowest BCUT2D eigenvalue weighted by molar-refractivity contribution is 0.00706. The summed E-state index contributed by atoms with van der Waals surface area (Å²) in [6, 6.07) is 5.23. The van der Waals surface area contributed by atoms with Gasteiger partial charge in [0.25, 0.3) is 6.01 Å². The number of nitrogens with zero attached hydrogens (tertiary/aromatic N) is 4. The first-order valence-corrected chi connectivity index (χ1v) is 12.5. The van der Waals surface area contributed by atoms with Gasteiger partial charge in [0.2, 0.25) is 0 Å². The van der Waals surface area contributed by atoms with Crippen LogP contribution in [0.1, 0.15) is 23.6 Å². The molecule has 10 nitrogen and oxygen atoms in total. The number of aliphatic hydroxyl groups is 1. The molecule has 2 saturated heterocycles. The number of aryl methyl sites for hydroxylation is 2. The minimum absolute atomic E-state index is 0.219. The lowest BCUT2D eigenvalue weighted by Gasteiger charge is -2.17. The van der Waals surface area contributed by atoms with Crippen LogP contribution in [0.25, 0.3) is 22.4 Å². The molecule has 3 aromatic heterocycles. The summed E-state index contributed by atoms with van der Waals surface area (Å²) in [4.78, 5) is 16.4. The number of aromatic nitrogens is 5. The van der Waals surface area contributed by atoms with Gasteiger partial charge in [-0.2, -0.15) is 4.98 Å². The number of ether oxygens (including phenoxy) is 3. The monoisotopic (exact) mass is 526 g/mol. The number of nitrogens with one attached hydrogen (secondary N) is 2. The second-order valence-corrected chi connectivity index (χ2v) is 10.1. The molecule has 4 aromatic rings. The summed E-state index contributed by atoms with van der Waals surface area (Å²) in [5, 5.41) is 13.6. The molecule has 2 aliphatic heterocycles. The van der Waals surface area contributed by atoms with Gasteiger partial charge in [0.1, 0.15) is 29.9 Å². The summed E-state index contributed by atoms with van der Waals surface area (Å²) in [6.07, 6.45) is 3.20. The van der Waals surface area contributed by atoms with E-state index < -0.39 is 18.3 Å². The SMILES string of the molecule is Cn1cnc(-c2cc(F)c3c(c2)CCC3Nc2nc3nc(O[C@@H]4CO[C@H]5[C@@H]4OC[C@H]5O)[nH]c3cc2Cl)c1. The summed E-state index contributed by atoms with van der Waals surface area (Å²) in [7, 11) is 1.88. The van der Waals surface area contributed by atoms with Crippen molar-refractivity contribution < 1.29 is 23.7 Å². The van der Waals surface area contributed by atoms with E-state index in [-0.39, 0.29) is 30.6 Å². The maximum absolute atomic E-state index is 15.3. The van der Waals surface area contributed by atoms with Gasteiger partial charge in [-0.3, -0.25) is 0 Å². The predicted molar refractivity (Wildman–Crippen MR) is 132 cm³/mol. The number of imidazole rings is 2. The maximum Gasteiger partial charge on any atom is 0.296 e. The molecule has 0 radical (unpaired) electrons. The van der Waals surface area contributed by atoms with Crippen molar-refractivity contribution in [3.63, 3.8) is 0 Å². The molecule has 1 unspecified atom stereocenters. The van der Waals surface area contributed by atoms with Crippen LogP contribution in [0.5, 0.6) is 6.01 Å². The van der Waals surface area contributed by atoms with E-state index in [1.807, 2.05) is 23.9 Å². The van der Waals surface area contributed by atoms with Crippen LogP contribution >= 0.6 is 11.6 Å². The summed E-state index contributed by atoms with van der Waals surface area (Å²) in [5.41, 5.74) is 4.08. The van der Waals surface area contributed by atoms with Crippen molar-refractivity contribution in [1.82, 2.24) is 24.5 Å². The van der Waals surface area contributed by atoms with E-state index in [4.69, 9.17) is 25.8 Å². The zero-order chi connectivity index (χ0) is 25.3. The normalized spacial score (nSPS) is 26.5. The Hall–Kier alpha value is -3.25. The van der Waals surface area contributed by atoms with Crippen LogP contribution in [0, 0.1) is 5.82 Å². The third-order valence-corrected chi connectivity index (χ3v) is 7.52. The van der Waals surface area contributed by atoms with Crippen LogP contribution in [0.15, 0.2) is 30.7 Å². The van der Waals surface area contributed by atoms with Gasteiger partial charge in [0.05, 0.1) is 41.8 Å². The molecule has 0 amide bonds. The predicted octanol–water partition coefficient (Wildman–Crippen LogP) is 3.16. The first-order valence-electron chi connectivity index (χ1n) is 12.1. The van der Waals surface area contributed by atoms with Gasteiger partial charge in [0.15, 0.2) is 11.8 Å². The second kappa shape index (κ2) is 8.66. The molecule has 12 heteroatoms. The smallest absolute Gasteiger partial charge is 0.296 e. The Morgan fingerprint density at radius 3 is 2.92 bits per heavy atom. The van der Waals surface area contributed by atoms with Crippen LogP contribution in [0.4, 0.5) is 10.2 Å². The molecule has 7 rings (SSSR count).